The molecule has 2 aliphatic rings. The van der Waals surface area contributed by atoms with E-state index in [1.165, 1.54) is 34.2 Å². The van der Waals surface area contributed by atoms with Crippen molar-refractivity contribution in [2.45, 2.75) is 38.1 Å². The van der Waals surface area contributed by atoms with Crippen LogP contribution in [0.3, 0.4) is 0 Å². The Morgan fingerprint density at radius 1 is 1.04 bits per heavy atom. The highest BCUT2D eigenvalue weighted by molar-refractivity contribution is 5.85. The number of aromatic nitrogens is 1. The predicted molar refractivity (Wildman–Crippen MR) is 116 cm³/mol. The van der Waals surface area contributed by atoms with Gasteiger partial charge in [-0.2, -0.15) is 0 Å². The quantitative estimate of drug-likeness (QED) is 0.656. The van der Waals surface area contributed by atoms with Crippen molar-refractivity contribution in [3.63, 3.8) is 0 Å². The number of ether oxygens (including phenoxy) is 1. The van der Waals surface area contributed by atoms with Crippen molar-refractivity contribution in [3.8, 4) is 5.75 Å². The molecule has 5 rings (SSSR count). The summed E-state index contributed by atoms with van der Waals surface area (Å²) in [6.45, 7) is 3.32. The average molecular weight is 373 g/mol. The molecule has 2 heterocycles. The van der Waals surface area contributed by atoms with Crippen molar-refractivity contribution in [2.75, 3.05) is 13.7 Å². The van der Waals surface area contributed by atoms with Gasteiger partial charge in [0.25, 0.3) is 0 Å². The lowest BCUT2D eigenvalue weighted by molar-refractivity contribution is 0.306. The van der Waals surface area contributed by atoms with Gasteiger partial charge in [0, 0.05) is 29.2 Å². The maximum absolute atomic E-state index is 5.43. The van der Waals surface area contributed by atoms with E-state index in [-0.39, 0.29) is 0 Å². The molecule has 144 valence electrons. The maximum Gasteiger partial charge on any atom is 0.119 e. The highest BCUT2D eigenvalue weighted by Crippen LogP contribution is 2.41. The van der Waals surface area contributed by atoms with Gasteiger partial charge in [0.15, 0.2) is 0 Å². The molecule has 0 amide bonds. The number of H-pyrrole nitrogens is 1. The van der Waals surface area contributed by atoms with E-state index in [4.69, 9.17) is 4.74 Å². The number of para-hydroxylation sites is 1. The van der Waals surface area contributed by atoms with Gasteiger partial charge < -0.3 is 15.0 Å². The third-order valence-electron chi connectivity index (χ3n) is 6.64. The summed E-state index contributed by atoms with van der Waals surface area (Å²) < 4.78 is 5.43. The number of hydrogen-bond acceptors (Lipinski definition) is 2. The molecule has 0 saturated heterocycles. The fourth-order valence-electron chi connectivity index (χ4n) is 5.20. The zero-order valence-electron chi connectivity index (χ0n) is 16.7. The molecule has 0 bridgehead atoms. The molecule has 0 spiro atoms. The Labute approximate surface area is 166 Å². The van der Waals surface area contributed by atoms with Crippen LogP contribution in [0.2, 0.25) is 0 Å². The van der Waals surface area contributed by atoms with Crippen LogP contribution in [0.25, 0.3) is 16.5 Å². The van der Waals surface area contributed by atoms with Gasteiger partial charge in [0.05, 0.1) is 7.11 Å². The molecule has 2 N–H and O–H groups in total. The number of fused-ring (bicyclic) bond motifs is 3. The van der Waals surface area contributed by atoms with Crippen LogP contribution in [-0.4, -0.2) is 24.7 Å². The number of aromatic amines is 1. The molecule has 3 unspecified atom stereocenters. The molecule has 3 heteroatoms. The largest absolute Gasteiger partial charge is 0.497 e. The number of hydrogen-bond donors (Lipinski definition) is 2. The molecule has 2 aromatic carbocycles. The molecule has 3 nitrogen and oxygen atoms in total. The van der Waals surface area contributed by atoms with Crippen LogP contribution in [-0.2, 0) is 6.42 Å². The zero-order chi connectivity index (χ0) is 19.1. The summed E-state index contributed by atoms with van der Waals surface area (Å²) in [5.74, 6) is 2.17. The summed E-state index contributed by atoms with van der Waals surface area (Å²) in [6, 6.07) is 17.8. The summed E-state index contributed by atoms with van der Waals surface area (Å²) >= 11 is 0. The zero-order valence-corrected chi connectivity index (χ0v) is 16.7. The smallest absolute Gasteiger partial charge is 0.119 e. The van der Waals surface area contributed by atoms with Gasteiger partial charge in [-0.05, 0) is 66.0 Å². The number of nitrogens with one attached hydrogen (secondary N) is 2. The SMILES string of the molecule is COc1cccc(C2=CCNC(C3Cc4c([nH]c5ccccc45)C(C)C3)C2)c1. The summed E-state index contributed by atoms with van der Waals surface area (Å²) in [5, 5.41) is 5.20. The van der Waals surface area contributed by atoms with Crippen molar-refractivity contribution in [1.82, 2.24) is 10.3 Å². The van der Waals surface area contributed by atoms with Crippen molar-refractivity contribution in [2.24, 2.45) is 5.92 Å². The maximum atomic E-state index is 5.43. The minimum absolute atomic E-state index is 0.524. The van der Waals surface area contributed by atoms with Gasteiger partial charge in [0.1, 0.15) is 5.75 Å². The van der Waals surface area contributed by atoms with Crippen LogP contribution in [0.5, 0.6) is 5.75 Å². The van der Waals surface area contributed by atoms with E-state index < -0.39 is 0 Å². The Morgan fingerprint density at radius 2 is 1.93 bits per heavy atom. The van der Waals surface area contributed by atoms with Gasteiger partial charge in [-0.3, -0.25) is 0 Å². The van der Waals surface area contributed by atoms with Gasteiger partial charge in [-0.1, -0.05) is 43.3 Å². The average Bonchev–Trinajstić information content (AvgIpc) is 3.13. The van der Waals surface area contributed by atoms with Crippen LogP contribution < -0.4 is 10.1 Å². The van der Waals surface area contributed by atoms with Crippen molar-refractivity contribution in [1.29, 1.82) is 0 Å². The van der Waals surface area contributed by atoms with Gasteiger partial charge >= 0.3 is 0 Å². The third kappa shape index (κ3) is 3.04. The lowest BCUT2D eigenvalue weighted by Crippen LogP contribution is -2.41. The van der Waals surface area contributed by atoms with Crippen LogP contribution in [0.1, 0.15) is 42.5 Å². The van der Waals surface area contributed by atoms with Gasteiger partial charge in [-0.15, -0.1) is 0 Å². The molecule has 0 radical (unpaired) electrons. The molecular weight excluding hydrogens is 344 g/mol. The minimum atomic E-state index is 0.524. The topological polar surface area (TPSA) is 37.0 Å². The van der Waals surface area contributed by atoms with E-state index in [2.05, 4.69) is 65.8 Å². The highest BCUT2D eigenvalue weighted by atomic mass is 16.5. The molecule has 1 aliphatic heterocycles. The molecule has 3 atom stereocenters. The van der Waals surface area contributed by atoms with Crippen LogP contribution >= 0.6 is 0 Å². The number of methoxy groups -OCH3 is 1. The monoisotopic (exact) mass is 372 g/mol. The Balaban J connectivity index is 1.40. The summed E-state index contributed by atoms with van der Waals surface area (Å²) in [5.41, 5.74) is 7.02. The highest BCUT2D eigenvalue weighted by Gasteiger charge is 2.33. The lowest BCUT2D eigenvalue weighted by Gasteiger charge is -2.36. The van der Waals surface area contributed by atoms with E-state index in [1.807, 2.05) is 6.07 Å². The Kier molecular flexibility index (Phi) is 4.48. The molecule has 28 heavy (non-hydrogen) atoms. The van der Waals surface area contributed by atoms with Crippen LogP contribution in [0.4, 0.5) is 0 Å². The third-order valence-corrected chi connectivity index (χ3v) is 6.64. The van der Waals surface area contributed by atoms with Gasteiger partial charge in [0.2, 0.25) is 0 Å². The van der Waals surface area contributed by atoms with Crippen molar-refractivity contribution < 1.29 is 4.74 Å². The van der Waals surface area contributed by atoms with E-state index in [9.17, 15) is 0 Å². The fraction of sp³-hybridized carbons (Fsp3) is 0.360. The molecule has 1 aromatic heterocycles. The van der Waals surface area contributed by atoms with E-state index in [0.29, 0.717) is 17.9 Å². The second-order valence-corrected chi connectivity index (χ2v) is 8.34. The molecular formula is C25H28N2O. The van der Waals surface area contributed by atoms with Crippen molar-refractivity contribution in [3.05, 3.63) is 71.4 Å². The number of benzene rings is 2. The van der Waals surface area contributed by atoms with E-state index >= 15 is 0 Å². The summed E-state index contributed by atoms with van der Waals surface area (Å²) in [6.07, 6.45) is 5.83. The molecule has 3 aromatic rings. The first-order valence-corrected chi connectivity index (χ1v) is 10.4. The fourth-order valence-corrected chi connectivity index (χ4v) is 5.20. The predicted octanol–water partition coefficient (Wildman–Crippen LogP) is 5.29. The number of rotatable bonds is 3. The Hall–Kier alpha value is -2.52. The first kappa shape index (κ1) is 17.6. The van der Waals surface area contributed by atoms with Crippen LogP contribution in [0.15, 0.2) is 54.6 Å². The van der Waals surface area contributed by atoms with E-state index in [0.717, 1.165) is 25.1 Å². The first-order valence-electron chi connectivity index (χ1n) is 10.4. The Morgan fingerprint density at radius 3 is 2.82 bits per heavy atom. The first-order chi connectivity index (χ1) is 13.7. The standard InChI is InChI=1S/C25H28N2O/c1-16-12-19(14-22-21-8-3-4-9-23(21)27-25(16)22)24-15-18(10-11-26-24)17-6-5-7-20(13-17)28-2/h3-10,13,16,19,24,26-27H,11-12,14-15H2,1-2H3. The lowest BCUT2D eigenvalue weighted by atomic mass is 9.74. The molecule has 0 saturated carbocycles. The minimum Gasteiger partial charge on any atom is -0.497 e. The van der Waals surface area contributed by atoms with Gasteiger partial charge in [-0.25, -0.2) is 0 Å². The summed E-state index contributed by atoms with van der Waals surface area (Å²) in [4.78, 5) is 3.69. The normalized spacial score (nSPS) is 24.6. The summed E-state index contributed by atoms with van der Waals surface area (Å²) in [7, 11) is 1.74. The van der Waals surface area contributed by atoms with E-state index in [1.54, 1.807) is 12.7 Å². The molecule has 1 aliphatic carbocycles. The second kappa shape index (κ2) is 7.14. The molecule has 0 fully saturated rings. The van der Waals surface area contributed by atoms with Crippen LogP contribution in [0, 0.1) is 5.92 Å². The van der Waals surface area contributed by atoms with Crippen molar-refractivity contribution >= 4 is 16.5 Å². The Bertz CT molecular complexity index is 1030. The second-order valence-electron chi connectivity index (χ2n) is 8.34.